The van der Waals surface area contributed by atoms with Crippen LogP contribution in [0.4, 0.5) is 10.1 Å². The van der Waals surface area contributed by atoms with Crippen molar-refractivity contribution in [2.45, 2.75) is 13.8 Å². The van der Waals surface area contributed by atoms with Crippen molar-refractivity contribution in [3.63, 3.8) is 0 Å². The zero-order chi connectivity index (χ0) is 12.1. The van der Waals surface area contributed by atoms with Crippen molar-refractivity contribution in [3.05, 3.63) is 23.5 Å². The van der Waals surface area contributed by atoms with Crippen LogP contribution in [0.1, 0.15) is 24.2 Å². The Morgan fingerprint density at radius 3 is 2.62 bits per heavy atom. The molecule has 0 bridgehead atoms. The van der Waals surface area contributed by atoms with Gasteiger partial charge in [0.15, 0.2) is 0 Å². The lowest BCUT2D eigenvalue weighted by Crippen LogP contribution is -2.12. The minimum atomic E-state index is -0.779. The van der Waals surface area contributed by atoms with Crippen molar-refractivity contribution in [3.8, 4) is 5.75 Å². The fourth-order valence-electron chi connectivity index (χ4n) is 1.27. The molecule has 0 amide bonds. The molecular weight excluding hydrogens is 213 g/mol. The molecule has 88 valence electrons. The molecule has 0 aliphatic carbocycles. The Morgan fingerprint density at radius 1 is 1.38 bits per heavy atom. The maximum absolute atomic E-state index is 13.4. The number of esters is 1. The van der Waals surface area contributed by atoms with Gasteiger partial charge < -0.3 is 15.2 Å². The first-order valence-electron chi connectivity index (χ1n) is 4.99. The zero-order valence-electron chi connectivity index (χ0n) is 9.25. The largest absolute Gasteiger partial charge is 0.492 e. The zero-order valence-corrected chi connectivity index (χ0v) is 9.25. The second-order valence-corrected chi connectivity index (χ2v) is 2.99. The van der Waals surface area contributed by atoms with Gasteiger partial charge in [-0.15, -0.1) is 0 Å². The highest BCUT2D eigenvalue weighted by Crippen LogP contribution is 2.28. The van der Waals surface area contributed by atoms with E-state index in [2.05, 4.69) is 0 Å². The average molecular weight is 227 g/mol. The number of nitrogens with two attached hydrogens (primary N) is 1. The van der Waals surface area contributed by atoms with Crippen LogP contribution in [0, 0.1) is 5.82 Å². The van der Waals surface area contributed by atoms with Gasteiger partial charge in [-0.2, -0.15) is 0 Å². The van der Waals surface area contributed by atoms with Crippen molar-refractivity contribution in [1.29, 1.82) is 0 Å². The van der Waals surface area contributed by atoms with Crippen LogP contribution in [0.25, 0.3) is 0 Å². The second kappa shape index (κ2) is 5.34. The van der Waals surface area contributed by atoms with E-state index in [9.17, 15) is 9.18 Å². The van der Waals surface area contributed by atoms with E-state index in [1.807, 2.05) is 0 Å². The summed E-state index contributed by atoms with van der Waals surface area (Å²) in [5, 5.41) is 0. The SMILES string of the molecule is CCOC(=O)c1c(F)ccc(OCC)c1N. The first-order chi connectivity index (χ1) is 7.61. The molecular formula is C11H14FNO3. The number of anilines is 1. The summed E-state index contributed by atoms with van der Waals surface area (Å²) in [5.74, 6) is -1.20. The highest BCUT2D eigenvalue weighted by atomic mass is 19.1. The number of ether oxygens (including phenoxy) is 2. The van der Waals surface area contributed by atoms with Crippen molar-refractivity contribution >= 4 is 11.7 Å². The monoisotopic (exact) mass is 227 g/mol. The standard InChI is InChI=1S/C11H14FNO3/c1-3-15-8-6-5-7(12)9(10(8)13)11(14)16-4-2/h5-6H,3-4,13H2,1-2H3. The summed E-state index contributed by atoms with van der Waals surface area (Å²) in [6.45, 7) is 3.96. The van der Waals surface area contributed by atoms with Gasteiger partial charge in [0.2, 0.25) is 0 Å². The number of halogens is 1. The number of rotatable bonds is 4. The summed E-state index contributed by atoms with van der Waals surface area (Å²) in [6, 6.07) is 2.52. The van der Waals surface area contributed by atoms with E-state index in [0.717, 1.165) is 6.07 Å². The first-order valence-corrected chi connectivity index (χ1v) is 4.99. The Kier molecular flexibility index (Phi) is 4.10. The predicted molar refractivity (Wildman–Crippen MR) is 57.9 cm³/mol. The topological polar surface area (TPSA) is 61.5 Å². The normalized spacial score (nSPS) is 9.94. The van der Waals surface area contributed by atoms with E-state index in [0.29, 0.717) is 6.61 Å². The van der Waals surface area contributed by atoms with Crippen LogP contribution < -0.4 is 10.5 Å². The number of carbonyl (C=O) groups is 1. The summed E-state index contributed by atoms with van der Waals surface area (Å²) < 4.78 is 23.3. The number of nitrogen functional groups attached to an aromatic ring is 1. The molecule has 0 fully saturated rings. The van der Waals surface area contributed by atoms with Crippen LogP contribution in [0.5, 0.6) is 5.75 Å². The minimum Gasteiger partial charge on any atom is -0.492 e. The Labute approximate surface area is 93.2 Å². The maximum Gasteiger partial charge on any atom is 0.343 e. The third kappa shape index (κ3) is 2.42. The average Bonchev–Trinajstić information content (AvgIpc) is 2.23. The molecule has 0 atom stereocenters. The van der Waals surface area contributed by atoms with Gasteiger partial charge in [-0.3, -0.25) is 0 Å². The molecule has 0 radical (unpaired) electrons. The van der Waals surface area contributed by atoms with Gasteiger partial charge in [-0.25, -0.2) is 9.18 Å². The number of benzene rings is 1. The van der Waals surface area contributed by atoms with Crippen LogP contribution in [-0.2, 0) is 4.74 Å². The lowest BCUT2D eigenvalue weighted by Gasteiger charge is -2.11. The van der Waals surface area contributed by atoms with Crippen molar-refractivity contribution in [1.82, 2.24) is 0 Å². The lowest BCUT2D eigenvalue weighted by atomic mass is 10.1. The molecule has 1 aromatic carbocycles. The van der Waals surface area contributed by atoms with Gasteiger partial charge >= 0.3 is 5.97 Å². The second-order valence-electron chi connectivity index (χ2n) is 2.99. The van der Waals surface area contributed by atoms with Gasteiger partial charge in [-0.1, -0.05) is 0 Å². The molecule has 0 saturated carbocycles. The molecule has 1 aromatic rings. The number of hydrogen-bond acceptors (Lipinski definition) is 4. The Hall–Kier alpha value is -1.78. The molecule has 5 heteroatoms. The fraction of sp³-hybridized carbons (Fsp3) is 0.364. The molecule has 0 aromatic heterocycles. The molecule has 0 aliphatic heterocycles. The smallest absolute Gasteiger partial charge is 0.343 e. The van der Waals surface area contributed by atoms with E-state index in [1.54, 1.807) is 13.8 Å². The molecule has 1 rings (SSSR count). The summed E-state index contributed by atoms with van der Waals surface area (Å²) >= 11 is 0. The van der Waals surface area contributed by atoms with Crippen LogP contribution >= 0.6 is 0 Å². The summed E-state index contributed by atoms with van der Waals surface area (Å²) in [5.41, 5.74) is 5.34. The fourth-order valence-corrected chi connectivity index (χ4v) is 1.27. The lowest BCUT2D eigenvalue weighted by molar-refractivity contribution is 0.0522. The summed E-state index contributed by atoms with van der Waals surface area (Å²) in [6.07, 6.45) is 0. The van der Waals surface area contributed by atoms with E-state index in [-0.39, 0.29) is 23.6 Å². The van der Waals surface area contributed by atoms with Gasteiger partial charge in [0.1, 0.15) is 17.1 Å². The molecule has 0 saturated heterocycles. The molecule has 2 N–H and O–H groups in total. The Morgan fingerprint density at radius 2 is 2.06 bits per heavy atom. The van der Waals surface area contributed by atoms with Crippen LogP contribution in [0.2, 0.25) is 0 Å². The first kappa shape index (κ1) is 12.3. The predicted octanol–water partition coefficient (Wildman–Crippen LogP) is 1.98. The van der Waals surface area contributed by atoms with Crippen LogP contribution in [-0.4, -0.2) is 19.2 Å². The Bertz CT molecular complexity index is 393. The summed E-state index contributed by atoms with van der Waals surface area (Å²) in [4.78, 5) is 11.4. The van der Waals surface area contributed by atoms with E-state index >= 15 is 0 Å². The molecule has 0 spiro atoms. The quantitative estimate of drug-likeness (QED) is 0.631. The molecule has 16 heavy (non-hydrogen) atoms. The number of carbonyl (C=O) groups excluding carboxylic acids is 1. The van der Waals surface area contributed by atoms with Crippen LogP contribution in [0.3, 0.4) is 0 Å². The molecule has 4 nitrogen and oxygen atoms in total. The van der Waals surface area contributed by atoms with Gasteiger partial charge in [-0.05, 0) is 26.0 Å². The van der Waals surface area contributed by atoms with E-state index in [4.69, 9.17) is 15.2 Å². The van der Waals surface area contributed by atoms with Gasteiger partial charge in [0.25, 0.3) is 0 Å². The van der Waals surface area contributed by atoms with Gasteiger partial charge in [0, 0.05) is 0 Å². The molecule has 0 heterocycles. The summed E-state index contributed by atoms with van der Waals surface area (Å²) in [7, 11) is 0. The highest BCUT2D eigenvalue weighted by Gasteiger charge is 2.19. The number of hydrogen-bond donors (Lipinski definition) is 1. The molecule has 0 unspecified atom stereocenters. The van der Waals surface area contributed by atoms with Crippen molar-refractivity contribution in [2.75, 3.05) is 18.9 Å². The van der Waals surface area contributed by atoms with Crippen molar-refractivity contribution < 1.29 is 18.7 Å². The Balaban J connectivity index is 3.15. The minimum absolute atomic E-state index is 0.0275. The van der Waals surface area contributed by atoms with E-state index < -0.39 is 11.8 Å². The van der Waals surface area contributed by atoms with Gasteiger partial charge in [0.05, 0.1) is 18.9 Å². The van der Waals surface area contributed by atoms with E-state index in [1.165, 1.54) is 6.07 Å². The van der Waals surface area contributed by atoms with Crippen LogP contribution in [0.15, 0.2) is 12.1 Å². The molecule has 0 aliphatic rings. The maximum atomic E-state index is 13.4. The third-order valence-electron chi connectivity index (χ3n) is 1.93. The third-order valence-corrected chi connectivity index (χ3v) is 1.93. The highest BCUT2D eigenvalue weighted by molar-refractivity contribution is 5.96. The van der Waals surface area contributed by atoms with Crippen molar-refractivity contribution in [2.24, 2.45) is 0 Å².